The van der Waals surface area contributed by atoms with Crippen molar-refractivity contribution in [2.75, 3.05) is 160 Å². The van der Waals surface area contributed by atoms with Crippen LogP contribution in [-0.2, 0) is 104 Å². The van der Waals surface area contributed by atoms with Crippen LogP contribution in [0.1, 0.15) is 150 Å². The highest BCUT2D eigenvalue weighted by Gasteiger charge is 2.31. The summed E-state index contributed by atoms with van der Waals surface area (Å²) in [6.45, 7) is 30.1. The summed E-state index contributed by atoms with van der Waals surface area (Å²) in [5, 5.41) is 11.8. The summed E-state index contributed by atoms with van der Waals surface area (Å²) < 4.78 is 70.9. The summed E-state index contributed by atoms with van der Waals surface area (Å²) >= 11 is 0. The fourth-order valence-corrected chi connectivity index (χ4v) is 10.1. The number of nitrogens with one attached hydrogen (secondary N) is 4. The SMILES string of the molecule is COCCOCCNC(=O)COc1c2cc(C(C)(C)C)cc1Cc1cc(C(C)(C)C)cc(c1OCC(=O)NCCOCCOC)Cc1cc(C(C)(C)C)cc(c1OCC(=O)NCCOCCOC)Cc1cc(C(C)(C)C)cc(c1OCC(=O)NCCOCCOC)C2. The zero-order valence-corrected chi connectivity index (χ0v) is 58.1. The van der Waals surface area contributed by atoms with E-state index in [1.807, 2.05) is 0 Å². The Morgan fingerprint density at radius 3 is 0.620 bits per heavy atom. The molecule has 92 heavy (non-hydrogen) atoms. The molecule has 1 aliphatic carbocycles. The second-order valence-electron chi connectivity index (χ2n) is 27.2. The van der Waals surface area contributed by atoms with Crippen molar-refractivity contribution in [1.29, 1.82) is 0 Å². The van der Waals surface area contributed by atoms with Crippen LogP contribution < -0.4 is 40.2 Å². The van der Waals surface area contributed by atoms with Crippen molar-refractivity contribution >= 4 is 23.6 Å². The predicted molar refractivity (Wildman–Crippen MR) is 357 cm³/mol. The number of methoxy groups -OCH3 is 4. The number of fused-ring (bicyclic) bond motifs is 8. The molecule has 4 N–H and O–H groups in total. The first-order valence-electron chi connectivity index (χ1n) is 32.2. The van der Waals surface area contributed by atoms with E-state index in [0.29, 0.717) is 75.9 Å². The van der Waals surface area contributed by atoms with Crippen LogP contribution in [0.2, 0.25) is 0 Å². The molecule has 0 spiro atoms. The normalized spacial score (nSPS) is 12.7. The van der Waals surface area contributed by atoms with E-state index in [1.54, 1.807) is 28.4 Å². The molecule has 0 heterocycles. The average molecular weight is 1290 g/mol. The van der Waals surface area contributed by atoms with Crippen LogP contribution in [0.4, 0.5) is 0 Å². The zero-order valence-electron chi connectivity index (χ0n) is 58.1. The van der Waals surface area contributed by atoms with E-state index in [2.05, 4.69) is 153 Å². The number of hydrogen-bond acceptors (Lipinski definition) is 16. The lowest BCUT2D eigenvalue weighted by molar-refractivity contribution is -0.124. The molecule has 0 aliphatic heterocycles. The smallest absolute Gasteiger partial charge is 0.258 e. The minimum absolute atomic E-state index is 0.237. The van der Waals surface area contributed by atoms with E-state index in [4.69, 9.17) is 56.8 Å². The first-order valence-corrected chi connectivity index (χ1v) is 32.2. The van der Waals surface area contributed by atoms with Crippen molar-refractivity contribution < 1.29 is 76.0 Å². The Balaban J connectivity index is 1.89. The number of hydrogen-bond donors (Lipinski definition) is 4. The molecular weight excluding hydrogens is 1180 g/mol. The highest BCUT2D eigenvalue weighted by Crippen LogP contribution is 2.44. The molecule has 20 heteroatoms. The molecule has 1 aliphatic rings. The van der Waals surface area contributed by atoms with Crippen LogP contribution in [0.25, 0.3) is 0 Å². The molecule has 0 atom stereocenters. The van der Waals surface area contributed by atoms with E-state index in [1.165, 1.54) is 0 Å². The second kappa shape index (κ2) is 37.5. The van der Waals surface area contributed by atoms with Gasteiger partial charge in [-0.1, -0.05) is 132 Å². The number of rotatable bonds is 36. The fourth-order valence-electron chi connectivity index (χ4n) is 10.1. The van der Waals surface area contributed by atoms with Crippen molar-refractivity contribution in [2.45, 2.75) is 130 Å². The Bertz CT molecular complexity index is 2500. The predicted octanol–water partition coefficient (Wildman–Crippen LogP) is 8.19. The van der Waals surface area contributed by atoms with Gasteiger partial charge < -0.3 is 78.1 Å². The van der Waals surface area contributed by atoms with Gasteiger partial charge in [0.15, 0.2) is 26.4 Å². The standard InChI is InChI=1S/C72H108N4O16/c1-69(2,3)57-37-49-33-51-39-58(70(4,5)6)41-53(66(51)90-46-62(78)74-18-22-86-30-26-82-14)35-55-43-60(72(10,11)12)44-56(68(55)92-48-64(80)76-20-24-88-32-28-84-16)36-54-42-59(71(7,8)9)40-52(67(54)91-47-63(79)75-19-23-87-31-27-83-15)34-50(38-57)65(49)89-45-61(77)73-17-21-85-29-25-81-13/h37-44H,17-36,45-48H2,1-16H3,(H,73,77)(H,74,78)(H,75,79)(H,76,80). The second-order valence-corrected chi connectivity index (χ2v) is 27.2. The van der Waals surface area contributed by atoms with Crippen LogP contribution in [0, 0.1) is 0 Å². The van der Waals surface area contributed by atoms with Gasteiger partial charge in [-0.3, -0.25) is 19.2 Å². The molecule has 0 unspecified atom stereocenters. The van der Waals surface area contributed by atoms with Gasteiger partial charge in [-0.05, 0) is 88.4 Å². The maximum Gasteiger partial charge on any atom is 0.258 e. The zero-order chi connectivity index (χ0) is 67.5. The topological polar surface area (TPSA) is 227 Å². The molecule has 4 aromatic rings. The maximum absolute atomic E-state index is 13.9. The van der Waals surface area contributed by atoms with E-state index in [-0.39, 0.29) is 128 Å². The van der Waals surface area contributed by atoms with Crippen LogP contribution in [-0.4, -0.2) is 184 Å². The quantitative estimate of drug-likeness (QED) is 0.0277. The Hall–Kier alpha value is -6.36. The lowest BCUT2D eigenvalue weighted by Crippen LogP contribution is -2.32. The van der Waals surface area contributed by atoms with Crippen molar-refractivity contribution in [3.63, 3.8) is 0 Å². The lowest BCUT2D eigenvalue weighted by atomic mass is 9.79. The van der Waals surface area contributed by atoms with E-state index in [9.17, 15) is 19.2 Å². The van der Waals surface area contributed by atoms with Gasteiger partial charge in [-0.2, -0.15) is 0 Å². The van der Waals surface area contributed by atoms with Crippen molar-refractivity contribution in [3.8, 4) is 23.0 Å². The average Bonchev–Trinajstić information content (AvgIpc) is 0.782. The largest absolute Gasteiger partial charge is 0.483 e. The van der Waals surface area contributed by atoms with Crippen LogP contribution in [0.15, 0.2) is 48.5 Å². The monoisotopic (exact) mass is 1280 g/mol. The van der Waals surface area contributed by atoms with Gasteiger partial charge in [0.25, 0.3) is 23.6 Å². The fraction of sp³-hybridized carbons (Fsp3) is 0.611. The third-order valence-electron chi connectivity index (χ3n) is 15.4. The number of amides is 4. The molecule has 512 valence electrons. The van der Waals surface area contributed by atoms with Crippen LogP contribution in [0.3, 0.4) is 0 Å². The molecule has 0 radical (unpaired) electrons. The molecule has 0 fully saturated rings. The minimum atomic E-state index is -0.395. The van der Waals surface area contributed by atoms with Gasteiger partial charge in [0.05, 0.1) is 79.3 Å². The van der Waals surface area contributed by atoms with E-state index < -0.39 is 21.7 Å². The Kier molecular flexibility index (Phi) is 31.1. The molecule has 5 rings (SSSR count). The Morgan fingerprint density at radius 2 is 0.467 bits per heavy atom. The van der Waals surface area contributed by atoms with Crippen LogP contribution in [0.5, 0.6) is 23.0 Å². The van der Waals surface area contributed by atoms with Gasteiger partial charge in [-0.15, -0.1) is 0 Å². The Morgan fingerprint density at radius 1 is 0.293 bits per heavy atom. The van der Waals surface area contributed by atoms with E-state index in [0.717, 1.165) is 66.8 Å². The highest BCUT2D eigenvalue weighted by molar-refractivity contribution is 5.79. The third-order valence-corrected chi connectivity index (χ3v) is 15.4. The molecule has 20 nitrogen and oxygen atoms in total. The number of ether oxygens (including phenoxy) is 12. The van der Waals surface area contributed by atoms with Gasteiger partial charge in [0.1, 0.15) is 23.0 Å². The van der Waals surface area contributed by atoms with Crippen molar-refractivity contribution in [1.82, 2.24) is 21.3 Å². The minimum Gasteiger partial charge on any atom is -0.483 e. The first-order chi connectivity index (χ1) is 43.7. The molecule has 4 aromatic carbocycles. The first kappa shape index (κ1) is 76.4. The molecule has 0 saturated heterocycles. The van der Waals surface area contributed by atoms with Gasteiger partial charge in [-0.25, -0.2) is 0 Å². The molecular formula is C72H108N4O16. The van der Waals surface area contributed by atoms with Crippen molar-refractivity contribution in [2.24, 2.45) is 0 Å². The number of benzene rings is 4. The summed E-state index contributed by atoms with van der Waals surface area (Å²) in [6, 6.07) is 17.2. The van der Waals surface area contributed by atoms with Crippen LogP contribution >= 0.6 is 0 Å². The van der Waals surface area contributed by atoms with Gasteiger partial charge in [0.2, 0.25) is 0 Å². The molecule has 4 amide bonds. The summed E-state index contributed by atoms with van der Waals surface area (Å²) in [5.41, 5.74) is 8.61. The molecule has 0 saturated carbocycles. The van der Waals surface area contributed by atoms with Gasteiger partial charge in [0, 0.05) is 80.3 Å². The molecule has 0 aromatic heterocycles. The number of carbonyl (C=O) groups is 4. The number of carbonyl (C=O) groups excluding carboxylic acids is 4. The Labute approximate surface area is 547 Å². The van der Waals surface area contributed by atoms with Gasteiger partial charge >= 0.3 is 0 Å². The maximum atomic E-state index is 13.9. The van der Waals surface area contributed by atoms with E-state index >= 15 is 0 Å². The van der Waals surface area contributed by atoms with Crippen molar-refractivity contribution in [3.05, 3.63) is 115 Å². The highest BCUT2D eigenvalue weighted by atomic mass is 16.5. The summed E-state index contributed by atoms with van der Waals surface area (Å²) in [4.78, 5) is 55.8. The summed E-state index contributed by atoms with van der Waals surface area (Å²) in [7, 11) is 6.42. The third kappa shape index (κ3) is 25.5. The molecule has 8 bridgehead atoms. The summed E-state index contributed by atoms with van der Waals surface area (Å²) in [5.74, 6) is 0.599. The lowest BCUT2D eigenvalue weighted by Gasteiger charge is -2.29. The summed E-state index contributed by atoms with van der Waals surface area (Å²) in [6.07, 6.45) is 0.946.